The van der Waals surface area contributed by atoms with E-state index in [1.54, 1.807) is 7.05 Å². The Hall–Kier alpha value is -1.35. The minimum absolute atomic E-state index is 0.289. The van der Waals surface area contributed by atoms with Gasteiger partial charge in [0.2, 0.25) is 5.91 Å². The van der Waals surface area contributed by atoms with Gasteiger partial charge in [-0.05, 0) is 30.5 Å². The van der Waals surface area contributed by atoms with E-state index in [1.165, 1.54) is 5.56 Å². The molecular weight excluding hydrogens is 200 g/mol. The van der Waals surface area contributed by atoms with Gasteiger partial charge in [-0.1, -0.05) is 38.1 Å². The number of nitrogens with two attached hydrogens (primary N) is 1. The zero-order valence-corrected chi connectivity index (χ0v) is 10.2. The standard InChI is InChI=1S/C13H20N2O/c1-9(2)11-6-4-5-10(7-11)8-12(15-3)13(14)16/h4-7,9,12,15H,8H2,1-3H3,(H2,14,16). The lowest BCUT2D eigenvalue weighted by Crippen LogP contribution is -2.40. The van der Waals surface area contributed by atoms with Gasteiger partial charge >= 0.3 is 0 Å². The van der Waals surface area contributed by atoms with E-state index >= 15 is 0 Å². The van der Waals surface area contributed by atoms with E-state index in [0.29, 0.717) is 12.3 Å². The summed E-state index contributed by atoms with van der Waals surface area (Å²) >= 11 is 0. The first kappa shape index (κ1) is 12.7. The van der Waals surface area contributed by atoms with Gasteiger partial charge in [0.05, 0.1) is 6.04 Å². The third kappa shape index (κ3) is 3.35. The highest BCUT2D eigenvalue weighted by molar-refractivity contribution is 5.80. The molecule has 1 aromatic rings. The summed E-state index contributed by atoms with van der Waals surface area (Å²) in [6.07, 6.45) is 0.645. The Kier molecular flexibility index (Phi) is 4.50. The van der Waals surface area contributed by atoms with Crippen molar-refractivity contribution >= 4 is 5.91 Å². The molecule has 0 fully saturated rings. The van der Waals surface area contributed by atoms with Crippen LogP contribution in [-0.4, -0.2) is 19.0 Å². The van der Waals surface area contributed by atoms with E-state index in [0.717, 1.165) is 5.56 Å². The van der Waals surface area contributed by atoms with Crippen molar-refractivity contribution in [1.29, 1.82) is 0 Å². The van der Waals surface area contributed by atoms with Crippen LogP contribution in [0.3, 0.4) is 0 Å². The van der Waals surface area contributed by atoms with Crippen LogP contribution in [0.5, 0.6) is 0 Å². The fourth-order valence-electron chi connectivity index (χ4n) is 1.66. The molecule has 3 nitrogen and oxygen atoms in total. The SMILES string of the molecule is CNC(Cc1cccc(C(C)C)c1)C(N)=O. The monoisotopic (exact) mass is 220 g/mol. The topological polar surface area (TPSA) is 55.1 Å². The van der Waals surface area contributed by atoms with Crippen LogP contribution < -0.4 is 11.1 Å². The molecule has 88 valence electrons. The summed E-state index contributed by atoms with van der Waals surface area (Å²) in [5.74, 6) is 0.194. The summed E-state index contributed by atoms with van der Waals surface area (Å²) in [5.41, 5.74) is 7.72. The maximum Gasteiger partial charge on any atom is 0.234 e. The Morgan fingerprint density at radius 2 is 2.12 bits per heavy atom. The summed E-state index contributed by atoms with van der Waals surface area (Å²) in [6.45, 7) is 4.31. The molecule has 0 radical (unpaired) electrons. The van der Waals surface area contributed by atoms with Gasteiger partial charge in [0.15, 0.2) is 0 Å². The number of primary amides is 1. The summed E-state index contributed by atoms with van der Waals surface area (Å²) in [6, 6.07) is 8.00. The van der Waals surface area contributed by atoms with Gasteiger partial charge in [0, 0.05) is 0 Å². The number of likely N-dealkylation sites (N-methyl/N-ethyl adjacent to an activating group) is 1. The first-order valence-corrected chi connectivity index (χ1v) is 5.60. The number of hydrogen-bond donors (Lipinski definition) is 2. The minimum atomic E-state index is -0.308. The molecule has 3 heteroatoms. The van der Waals surface area contributed by atoms with Crippen LogP contribution in [0.25, 0.3) is 0 Å². The molecule has 1 amide bonds. The van der Waals surface area contributed by atoms with E-state index in [1.807, 2.05) is 12.1 Å². The fraction of sp³-hybridized carbons (Fsp3) is 0.462. The number of carbonyl (C=O) groups is 1. The van der Waals surface area contributed by atoms with Crippen LogP contribution in [0, 0.1) is 0 Å². The van der Waals surface area contributed by atoms with Crippen molar-refractivity contribution in [3.05, 3.63) is 35.4 Å². The van der Waals surface area contributed by atoms with E-state index in [2.05, 4.69) is 31.3 Å². The quantitative estimate of drug-likeness (QED) is 0.788. The van der Waals surface area contributed by atoms with Crippen molar-refractivity contribution in [2.75, 3.05) is 7.05 Å². The summed E-state index contributed by atoms with van der Waals surface area (Å²) in [7, 11) is 1.75. The number of amides is 1. The molecule has 0 aromatic heterocycles. The van der Waals surface area contributed by atoms with Gasteiger partial charge in [-0.25, -0.2) is 0 Å². The Morgan fingerprint density at radius 1 is 1.44 bits per heavy atom. The molecule has 0 bridgehead atoms. The highest BCUT2D eigenvalue weighted by Crippen LogP contribution is 2.16. The lowest BCUT2D eigenvalue weighted by atomic mass is 9.98. The molecule has 0 saturated carbocycles. The molecule has 16 heavy (non-hydrogen) atoms. The second kappa shape index (κ2) is 5.66. The van der Waals surface area contributed by atoms with Crippen molar-refractivity contribution in [3.63, 3.8) is 0 Å². The molecule has 0 aliphatic carbocycles. The molecule has 0 saturated heterocycles. The molecular formula is C13H20N2O. The van der Waals surface area contributed by atoms with E-state index in [9.17, 15) is 4.79 Å². The molecule has 0 aliphatic heterocycles. The van der Waals surface area contributed by atoms with Gasteiger partial charge < -0.3 is 11.1 Å². The fourth-order valence-corrected chi connectivity index (χ4v) is 1.66. The maximum absolute atomic E-state index is 11.1. The zero-order chi connectivity index (χ0) is 12.1. The number of carbonyl (C=O) groups excluding carboxylic acids is 1. The first-order chi connectivity index (χ1) is 7.54. The third-order valence-corrected chi connectivity index (χ3v) is 2.75. The van der Waals surface area contributed by atoms with Crippen molar-refractivity contribution in [1.82, 2.24) is 5.32 Å². The first-order valence-electron chi connectivity index (χ1n) is 5.60. The highest BCUT2D eigenvalue weighted by Gasteiger charge is 2.13. The Bertz CT molecular complexity index is 361. The lowest BCUT2D eigenvalue weighted by Gasteiger charge is -2.13. The largest absolute Gasteiger partial charge is 0.368 e. The second-order valence-electron chi connectivity index (χ2n) is 4.35. The minimum Gasteiger partial charge on any atom is -0.368 e. The van der Waals surface area contributed by atoms with Crippen LogP contribution in [0.4, 0.5) is 0 Å². The molecule has 1 unspecified atom stereocenters. The van der Waals surface area contributed by atoms with Gasteiger partial charge in [-0.2, -0.15) is 0 Å². The molecule has 0 aliphatic rings. The molecule has 0 heterocycles. The van der Waals surface area contributed by atoms with Gasteiger partial charge in [-0.3, -0.25) is 4.79 Å². The second-order valence-corrected chi connectivity index (χ2v) is 4.35. The number of benzene rings is 1. The zero-order valence-electron chi connectivity index (χ0n) is 10.2. The summed E-state index contributed by atoms with van der Waals surface area (Å²) in [4.78, 5) is 11.1. The molecule has 1 rings (SSSR count). The van der Waals surface area contributed by atoms with Crippen molar-refractivity contribution in [2.24, 2.45) is 5.73 Å². The maximum atomic E-state index is 11.1. The van der Waals surface area contributed by atoms with Crippen LogP contribution in [0.2, 0.25) is 0 Å². The van der Waals surface area contributed by atoms with Crippen LogP contribution in [0.15, 0.2) is 24.3 Å². The Morgan fingerprint density at radius 3 is 2.62 bits per heavy atom. The summed E-state index contributed by atoms with van der Waals surface area (Å²) in [5, 5.41) is 2.92. The normalized spacial score (nSPS) is 12.8. The molecule has 0 spiro atoms. The predicted octanol–water partition coefficient (Wildman–Crippen LogP) is 1.43. The molecule has 1 aromatic carbocycles. The van der Waals surface area contributed by atoms with Gasteiger partial charge in [0.25, 0.3) is 0 Å². The van der Waals surface area contributed by atoms with Gasteiger partial charge in [0.1, 0.15) is 0 Å². The van der Waals surface area contributed by atoms with Crippen molar-refractivity contribution in [2.45, 2.75) is 32.2 Å². The van der Waals surface area contributed by atoms with E-state index in [-0.39, 0.29) is 11.9 Å². The average molecular weight is 220 g/mol. The Balaban J connectivity index is 2.80. The van der Waals surface area contributed by atoms with Crippen LogP contribution in [-0.2, 0) is 11.2 Å². The average Bonchev–Trinajstić information content (AvgIpc) is 2.25. The van der Waals surface area contributed by atoms with Crippen molar-refractivity contribution < 1.29 is 4.79 Å². The van der Waals surface area contributed by atoms with Crippen molar-refractivity contribution in [3.8, 4) is 0 Å². The smallest absolute Gasteiger partial charge is 0.234 e. The lowest BCUT2D eigenvalue weighted by molar-refractivity contribution is -0.119. The number of hydrogen-bond acceptors (Lipinski definition) is 2. The highest BCUT2D eigenvalue weighted by atomic mass is 16.1. The predicted molar refractivity (Wildman–Crippen MR) is 66.3 cm³/mol. The van der Waals surface area contributed by atoms with E-state index < -0.39 is 0 Å². The molecule has 1 atom stereocenters. The third-order valence-electron chi connectivity index (χ3n) is 2.75. The number of rotatable bonds is 5. The van der Waals surface area contributed by atoms with E-state index in [4.69, 9.17) is 5.73 Å². The van der Waals surface area contributed by atoms with Crippen LogP contribution >= 0.6 is 0 Å². The molecule has 3 N–H and O–H groups in total. The van der Waals surface area contributed by atoms with Gasteiger partial charge in [-0.15, -0.1) is 0 Å². The summed E-state index contributed by atoms with van der Waals surface area (Å²) < 4.78 is 0. The Labute approximate surface area is 97.0 Å². The number of nitrogens with one attached hydrogen (secondary N) is 1. The van der Waals surface area contributed by atoms with Crippen LogP contribution in [0.1, 0.15) is 30.9 Å².